The minimum absolute atomic E-state index is 0.158. The molecule has 8 heteroatoms. The third-order valence-corrected chi connectivity index (χ3v) is 7.56. The van der Waals surface area contributed by atoms with Crippen LogP contribution in [0.1, 0.15) is 37.4 Å². The zero-order chi connectivity index (χ0) is 25.1. The molecule has 0 aromatic heterocycles. The summed E-state index contributed by atoms with van der Waals surface area (Å²) in [6.07, 6.45) is -0.579. The molecule has 1 atom stereocenters. The second kappa shape index (κ2) is 10.5. The van der Waals surface area contributed by atoms with E-state index in [1.54, 1.807) is 47.4 Å². The van der Waals surface area contributed by atoms with Crippen LogP contribution in [0.25, 0.3) is 0 Å². The third-order valence-electron chi connectivity index (χ3n) is 6.06. The van der Waals surface area contributed by atoms with Gasteiger partial charge in [-0.2, -0.15) is 0 Å². The van der Waals surface area contributed by atoms with Crippen LogP contribution in [0.2, 0.25) is 0 Å². The number of carbonyl (C=O) groups excluding carboxylic acids is 2. The number of rotatable bonds is 7. The standard InChI is InChI=1S/C27H28N2O5S/c1-17-9-10-18(2)20(13-17)16-29-22-14-19(26(30)28-15-25(33-3)34-4)11-12-24(22)35(32)23-8-6-5-7-21(23)27(29)31/h5-14,25H,15-16H2,1-4H3,(H,28,30)/t35-/m0/s1. The molecule has 7 nitrogen and oxygen atoms in total. The van der Waals surface area contributed by atoms with Gasteiger partial charge in [0.15, 0.2) is 6.29 Å². The Hall–Kier alpha value is -3.33. The van der Waals surface area contributed by atoms with Crippen LogP contribution in [0.4, 0.5) is 5.69 Å². The predicted molar refractivity (Wildman–Crippen MR) is 134 cm³/mol. The highest BCUT2D eigenvalue weighted by atomic mass is 32.2. The quantitative estimate of drug-likeness (QED) is 0.505. The summed E-state index contributed by atoms with van der Waals surface area (Å²) in [6, 6.07) is 17.9. The van der Waals surface area contributed by atoms with Gasteiger partial charge in [-0.3, -0.25) is 9.59 Å². The molecule has 1 aliphatic rings. The average molecular weight is 493 g/mol. The molecule has 4 rings (SSSR count). The molecule has 0 unspecified atom stereocenters. The largest absolute Gasteiger partial charge is 0.354 e. The first kappa shape index (κ1) is 24.8. The zero-order valence-corrected chi connectivity index (χ0v) is 21.0. The van der Waals surface area contributed by atoms with Crippen molar-refractivity contribution in [3.63, 3.8) is 0 Å². The third kappa shape index (κ3) is 5.05. The Morgan fingerprint density at radius 2 is 1.74 bits per heavy atom. The lowest BCUT2D eigenvalue weighted by Gasteiger charge is -2.25. The highest BCUT2D eigenvalue weighted by Crippen LogP contribution is 2.36. The van der Waals surface area contributed by atoms with Gasteiger partial charge in [-0.05, 0) is 55.3 Å². The van der Waals surface area contributed by atoms with Crippen molar-refractivity contribution in [2.24, 2.45) is 0 Å². The van der Waals surface area contributed by atoms with E-state index < -0.39 is 17.1 Å². The first-order chi connectivity index (χ1) is 16.8. The lowest BCUT2D eigenvalue weighted by molar-refractivity contribution is -0.0974. The Morgan fingerprint density at radius 3 is 2.49 bits per heavy atom. The van der Waals surface area contributed by atoms with E-state index in [2.05, 4.69) is 5.32 Å². The summed E-state index contributed by atoms with van der Waals surface area (Å²) in [5, 5.41) is 2.78. The van der Waals surface area contributed by atoms with Gasteiger partial charge >= 0.3 is 0 Å². The molecule has 182 valence electrons. The van der Waals surface area contributed by atoms with Gasteiger partial charge in [-0.1, -0.05) is 35.9 Å². The van der Waals surface area contributed by atoms with Gasteiger partial charge in [-0.25, -0.2) is 4.21 Å². The van der Waals surface area contributed by atoms with Crippen molar-refractivity contribution in [3.8, 4) is 0 Å². The van der Waals surface area contributed by atoms with E-state index in [9.17, 15) is 13.8 Å². The average Bonchev–Trinajstić information content (AvgIpc) is 2.96. The minimum Gasteiger partial charge on any atom is -0.354 e. The number of ether oxygens (including phenoxy) is 2. The molecule has 3 aromatic rings. The first-order valence-electron chi connectivity index (χ1n) is 11.2. The van der Waals surface area contributed by atoms with Crippen LogP contribution in [0.15, 0.2) is 70.5 Å². The van der Waals surface area contributed by atoms with Gasteiger partial charge < -0.3 is 19.7 Å². The Labute approximate surface area is 207 Å². The van der Waals surface area contributed by atoms with Crippen molar-refractivity contribution < 1.29 is 23.3 Å². The Kier molecular flexibility index (Phi) is 7.45. The second-order valence-electron chi connectivity index (χ2n) is 8.38. The van der Waals surface area contributed by atoms with Gasteiger partial charge in [0.1, 0.15) is 0 Å². The molecule has 0 spiro atoms. The number of hydrogen-bond donors (Lipinski definition) is 1. The molecule has 1 N–H and O–H groups in total. The summed E-state index contributed by atoms with van der Waals surface area (Å²) >= 11 is 0. The van der Waals surface area contributed by atoms with E-state index in [4.69, 9.17) is 9.47 Å². The van der Waals surface area contributed by atoms with E-state index in [1.165, 1.54) is 14.2 Å². The van der Waals surface area contributed by atoms with E-state index in [1.807, 2.05) is 32.0 Å². The Bertz CT molecular complexity index is 1300. The van der Waals surface area contributed by atoms with Crippen molar-refractivity contribution in [3.05, 3.63) is 88.5 Å². The molecule has 2 amide bonds. The minimum atomic E-state index is -1.59. The second-order valence-corrected chi connectivity index (χ2v) is 9.80. The smallest absolute Gasteiger partial charge is 0.259 e. The topological polar surface area (TPSA) is 84.9 Å². The maximum Gasteiger partial charge on any atom is 0.259 e. The fourth-order valence-electron chi connectivity index (χ4n) is 4.04. The number of nitrogens with one attached hydrogen (secondary N) is 1. The Balaban J connectivity index is 1.79. The lowest BCUT2D eigenvalue weighted by atomic mass is 10.0. The maximum absolute atomic E-state index is 13.8. The van der Waals surface area contributed by atoms with Gasteiger partial charge in [-0.15, -0.1) is 0 Å². The summed E-state index contributed by atoms with van der Waals surface area (Å²) in [5.74, 6) is -0.608. The van der Waals surface area contributed by atoms with E-state index >= 15 is 0 Å². The number of carbonyl (C=O) groups is 2. The highest BCUT2D eigenvalue weighted by molar-refractivity contribution is 7.85. The van der Waals surface area contributed by atoms with Gasteiger partial charge in [0.25, 0.3) is 11.8 Å². The van der Waals surface area contributed by atoms with Gasteiger partial charge in [0.2, 0.25) is 0 Å². The molecule has 35 heavy (non-hydrogen) atoms. The number of aryl methyl sites for hydroxylation is 2. The van der Waals surface area contributed by atoms with Crippen molar-refractivity contribution in [2.45, 2.75) is 36.5 Å². The SMILES string of the molecule is COC(CNC(=O)c1ccc2c(c1)N(Cc1cc(C)ccc1C)C(=O)c1ccccc1[S@@]2=O)OC. The van der Waals surface area contributed by atoms with Crippen LogP contribution in [-0.2, 0) is 26.8 Å². The fourth-order valence-corrected chi connectivity index (χ4v) is 5.39. The molecule has 0 saturated heterocycles. The molecule has 0 aliphatic carbocycles. The van der Waals surface area contributed by atoms with Crippen molar-refractivity contribution in [1.29, 1.82) is 0 Å². The van der Waals surface area contributed by atoms with Crippen LogP contribution >= 0.6 is 0 Å². The molecular formula is C27H28N2O5S. The predicted octanol–water partition coefficient (Wildman–Crippen LogP) is 3.98. The molecule has 0 saturated carbocycles. The zero-order valence-electron chi connectivity index (χ0n) is 20.2. The van der Waals surface area contributed by atoms with Crippen molar-refractivity contribution >= 4 is 28.3 Å². The molecule has 0 fully saturated rings. The van der Waals surface area contributed by atoms with Crippen molar-refractivity contribution in [2.75, 3.05) is 25.7 Å². The number of amides is 2. The normalized spacial score (nSPS) is 14.9. The number of nitrogens with zero attached hydrogens (tertiary/aromatic N) is 1. The van der Waals surface area contributed by atoms with Crippen LogP contribution < -0.4 is 10.2 Å². The van der Waals surface area contributed by atoms with Crippen LogP contribution in [-0.4, -0.2) is 43.1 Å². The number of benzene rings is 3. The molecule has 3 aromatic carbocycles. The summed E-state index contributed by atoms with van der Waals surface area (Å²) in [7, 11) is 1.40. The first-order valence-corrected chi connectivity index (χ1v) is 12.4. The Morgan fingerprint density at radius 1 is 1.00 bits per heavy atom. The summed E-state index contributed by atoms with van der Waals surface area (Å²) in [4.78, 5) is 29.2. The van der Waals surface area contributed by atoms with Crippen LogP contribution in [0, 0.1) is 13.8 Å². The van der Waals surface area contributed by atoms with E-state index in [-0.39, 0.29) is 24.9 Å². The molecule has 1 aliphatic heterocycles. The monoisotopic (exact) mass is 492 g/mol. The van der Waals surface area contributed by atoms with Crippen LogP contribution in [0.3, 0.4) is 0 Å². The molecular weight excluding hydrogens is 464 g/mol. The summed E-state index contributed by atoms with van der Waals surface area (Å²) < 4.78 is 23.8. The fraction of sp³-hybridized carbons (Fsp3) is 0.259. The summed E-state index contributed by atoms with van der Waals surface area (Å²) in [5.41, 5.74) is 4.29. The van der Waals surface area contributed by atoms with Gasteiger partial charge in [0, 0.05) is 19.8 Å². The highest BCUT2D eigenvalue weighted by Gasteiger charge is 2.31. The number of hydrogen-bond acceptors (Lipinski definition) is 5. The van der Waals surface area contributed by atoms with Gasteiger partial charge in [0.05, 0.1) is 44.9 Å². The molecule has 0 bridgehead atoms. The van der Waals surface area contributed by atoms with E-state index in [0.29, 0.717) is 26.6 Å². The molecule has 0 radical (unpaired) electrons. The number of methoxy groups -OCH3 is 2. The lowest BCUT2D eigenvalue weighted by Crippen LogP contribution is -2.34. The maximum atomic E-state index is 13.8. The summed E-state index contributed by atoms with van der Waals surface area (Å²) in [6.45, 7) is 4.44. The van der Waals surface area contributed by atoms with Crippen molar-refractivity contribution in [1.82, 2.24) is 5.32 Å². The van der Waals surface area contributed by atoms with Crippen LogP contribution in [0.5, 0.6) is 0 Å². The number of anilines is 1. The van der Waals surface area contributed by atoms with E-state index in [0.717, 1.165) is 16.7 Å². The molecule has 1 heterocycles. The number of fused-ring (bicyclic) bond motifs is 2.